The summed E-state index contributed by atoms with van der Waals surface area (Å²) in [5.74, 6) is 0. The SMILES string of the molecule is O=S(=O)(Nc1ccccc1)c1ccc(CCO)cc1. The molecule has 0 aliphatic carbocycles. The molecule has 2 aromatic carbocycles. The fourth-order valence-corrected chi connectivity index (χ4v) is 2.74. The molecule has 0 aliphatic rings. The van der Waals surface area contributed by atoms with E-state index in [-0.39, 0.29) is 11.5 Å². The maximum atomic E-state index is 12.1. The third-order valence-corrected chi connectivity index (χ3v) is 4.06. The van der Waals surface area contributed by atoms with Crippen molar-refractivity contribution in [3.8, 4) is 0 Å². The summed E-state index contributed by atoms with van der Waals surface area (Å²) in [6, 6.07) is 15.2. The van der Waals surface area contributed by atoms with Gasteiger partial charge >= 0.3 is 0 Å². The molecule has 100 valence electrons. The van der Waals surface area contributed by atoms with Gasteiger partial charge in [-0.25, -0.2) is 8.42 Å². The minimum absolute atomic E-state index is 0.0500. The zero-order valence-electron chi connectivity index (χ0n) is 10.3. The molecule has 0 bridgehead atoms. The van der Waals surface area contributed by atoms with Crippen molar-refractivity contribution >= 4 is 15.7 Å². The van der Waals surface area contributed by atoms with Gasteiger partial charge in [0.05, 0.1) is 4.90 Å². The van der Waals surface area contributed by atoms with Gasteiger partial charge in [0.15, 0.2) is 0 Å². The van der Waals surface area contributed by atoms with Crippen LogP contribution in [-0.2, 0) is 16.4 Å². The van der Waals surface area contributed by atoms with Gasteiger partial charge in [-0.1, -0.05) is 30.3 Å². The number of sulfonamides is 1. The predicted molar refractivity (Wildman–Crippen MR) is 74.5 cm³/mol. The van der Waals surface area contributed by atoms with Crippen molar-refractivity contribution in [3.63, 3.8) is 0 Å². The van der Waals surface area contributed by atoms with E-state index in [2.05, 4.69) is 4.72 Å². The van der Waals surface area contributed by atoms with Gasteiger partial charge < -0.3 is 5.11 Å². The minimum Gasteiger partial charge on any atom is -0.396 e. The number of rotatable bonds is 5. The molecular weight excluding hydrogens is 262 g/mol. The van der Waals surface area contributed by atoms with Crippen molar-refractivity contribution in [1.29, 1.82) is 0 Å². The van der Waals surface area contributed by atoms with Crippen LogP contribution < -0.4 is 4.72 Å². The molecule has 2 N–H and O–H groups in total. The molecule has 0 saturated heterocycles. The van der Waals surface area contributed by atoms with Gasteiger partial charge in [-0.2, -0.15) is 0 Å². The van der Waals surface area contributed by atoms with Crippen molar-refractivity contribution in [3.05, 3.63) is 60.2 Å². The third kappa shape index (κ3) is 3.56. The van der Waals surface area contributed by atoms with Crippen LogP contribution in [0.5, 0.6) is 0 Å². The summed E-state index contributed by atoms with van der Waals surface area (Å²) in [5, 5.41) is 8.81. The molecular formula is C14H15NO3S. The Bertz CT molecular complexity index is 622. The summed E-state index contributed by atoms with van der Waals surface area (Å²) in [4.78, 5) is 0.207. The highest BCUT2D eigenvalue weighted by atomic mass is 32.2. The number of hydrogen-bond acceptors (Lipinski definition) is 3. The van der Waals surface area contributed by atoms with Crippen LogP contribution in [0.4, 0.5) is 5.69 Å². The van der Waals surface area contributed by atoms with E-state index < -0.39 is 10.0 Å². The standard InChI is InChI=1S/C14H15NO3S/c16-11-10-12-6-8-14(9-7-12)19(17,18)15-13-4-2-1-3-5-13/h1-9,15-16H,10-11H2. The Morgan fingerprint density at radius 3 is 2.16 bits per heavy atom. The maximum absolute atomic E-state index is 12.1. The van der Waals surface area contributed by atoms with Crippen molar-refractivity contribution in [2.75, 3.05) is 11.3 Å². The Labute approximate surface area is 112 Å². The summed E-state index contributed by atoms with van der Waals surface area (Å²) < 4.78 is 26.7. The van der Waals surface area contributed by atoms with Gasteiger partial charge in [-0.3, -0.25) is 4.72 Å². The Balaban J connectivity index is 2.20. The lowest BCUT2D eigenvalue weighted by atomic mass is 10.2. The summed E-state index contributed by atoms with van der Waals surface area (Å²) >= 11 is 0. The van der Waals surface area contributed by atoms with Gasteiger partial charge in [0, 0.05) is 12.3 Å². The second-order valence-electron chi connectivity index (χ2n) is 4.09. The predicted octanol–water partition coefficient (Wildman–Crippen LogP) is 2.02. The fraction of sp³-hybridized carbons (Fsp3) is 0.143. The Morgan fingerprint density at radius 1 is 0.947 bits per heavy atom. The molecule has 0 radical (unpaired) electrons. The molecule has 0 unspecified atom stereocenters. The number of aliphatic hydroxyl groups is 1. The van der Waals surface area contributed by atoms with Crippen LogP contribution in [0.15, 0.2) is 59.5 Å². The van der Waals surface area contributed by atoms with Crippen LogP contribution in [0.1, 0.15) is 5.56 Å². The zero-order chi connectivity index (χ0) is 13.7. The highest BCUT2D eigenvalue weighted by molar-refractivity contribution is 7.92. The van der Waals surface area contributed by atoms with Gasteiger partial charge in [0.2, 0.25) is 0 Å². The molecule has 0 spiro atoms. The van der Waals surface area contributed by atoms with Crippen LogP contribution in [0.2, 0.25) is 0 Å². The average Bonchev–Trinajstić information content (AvgIpc) is 2.40. The first kappa shape index (κ1) is 13.6. The van der Waals surface area contributed by atoms with E-state index >= 15 is 0 Å². The van der Waals surface area contributed by atoms with Crippen molar-refractivity contribution in [2.45, 2.75) is 11.3 Å². The molecule has 0 fully saturated rings. The van der Waals surface area contributed by atoms with Crippen molar-refractivity contribution in [1.82, 2.24) is 0 Å². The highest BCUT2D eigenvalue weighted by Gasteiger charge is 2.13. The molecule has 0 aliphatic heterocycles. The second-order valence-corrected chi connectivity index (χ2v) is 5.77. The van der Waals surface area contributed by atoms with Gasteiger partial charge in [0.25, 0.3) is 10.0 Å². The lowest BCUT2D eigenvalue weighted by Crippen LogP contribution is -2.12. The molecule has 0 atom stereocenters. The van der Waals surface area contributed by atoms with Crippen LogP contribution in [0, 0.1) is 0 Å². The van der Waals surface area contributed by atoms with Crippen molar-refractivity contribution < 1.29 is 13.5 Å². The van der Waals surface area contributed by atoms with E-state index in [0.717, 1.165) is 5.56 Å². The maximum Gasteiger partial charge on any atom is 0.261 e. The number of nitrogens with one attached hydrogen (secondary N) is 1. The summed E-state index contributed by atoms with van der Waals surface area (Å²) in [6.45, 7) is 0.0500. The number of aliphatic hydroxyl groups excluding tert-OH is 1. The summed E-state index contributed by atoms with van der Waals surface area (Å²) in [6.07, 6.45) is 0.520. The van der Waals surface area contributed by atoms with Crippen LogP contribution in [0.25, 0.3) is 0 Å². The molecule has 0 amide bonds. The third-order valence-electron chi connectivity index (χ3n) is 2.66. The minimum atomic E-state index is -3.56. The van der Waals surface area contributed by atoms with E-state index in [1.807, 2.05) is 6.07 Å². The summed E-state index contributed by atoms with van der Waals surface area (Å²) in [5.41, 5.74) is 1.43. The highest BCUT2D eigenvalue weighted by Crippen LogP contribution is 2.16. The number of benzene rings is 2. The molecule has 4 nitrogen and oxygen atoms in total. The number of anilines is 1. The largest absolute Gasteiger partial charge is 0.396 e. The first-order valence-corrected chi connectivity index (χ1v) is 7.38. The van der Waals surface area contributed by atoms with Gasteiger partial charge in [-0.05, 0) is 36.2 Å². The van der Waals surface area contributed by atoms with E-state index in [1.54, 1.807) is 36.4 Å². The van der Waals surface area contributed by atoms with E-state index in [0.29, 0.717) is 12.1 Å². The molecule has 5 heteroatoms. The molecule has 0 saturated carbocycles. The quantitative estimate of drug-likeness (QED) is 0.878. The van der Waals surface area contributed by atoms with Crippen LogP contribution >= 0.6 is 0 Å². The van der Waals surface area contributed by atoms with Crippen LogP contribution in [0.3, 0.4) is 0 Å². The average molecular weight is 277 g/mol. The monoisotopic (exact) mass is 277 g/mol. The van der Waals surface area contributed by atoms with Gasteiger partial charge in [-0.15, -0.1) is 0 Å². The Kier molecular flexibility index (Phi) is 4.19. The number of para-hydroxylation sites is 1. The summed E-state index contributed by atoms with van der Waals surface area (Å²) in [7, 11) is -3.56. The lowest BCUT2D eigenvalue weighted by Gasteiger charge is -2.08. The van der Waals surface area contributed by atoms with E-state index in [1.165, 1.54) is 12.1 Å². The molecule has 0 aromatic heterocycles. The Morgan fingerprint density at radius 2 is 1.58 bits per heavy atom. The lowest BCUT2D eigenvalue weighted by molar-refractivity contribution is 0.299. The van der Waals surface area contributed by atoms with Crippen molar-refractivity contribution in [2.24, 2.45) is 0 Å². The van der Waals surface area contributed by atoms with E-state index in [4.69, 9.17) is 5.11 Å². The topological polar surface area (TPSA) is 66.4 Å². The first-order valence-electron chi connectivity index (χ1n) is 5.89. The fourth-order valence-electron chi connectivity index (χ4n) is 1.68. The smallest absolute Gasteiger partial charge is 0.261 e. The molecule has 2 aromatic rings. The Hall–Kier alpha value is -1.85. The number of hydrogen-bond donors (Lipinski definition) is 2. The van der Waals surface area contributed by atoms with E-state index in [9.17, 15) is 8.42 Å². The van der Waals surface area contributed by atoms with Gasteiger partial charge in [0.1, 0.15) is 0 Å². The molecule has 19 heavy (non-hydrogen) atoms. The molecule has 0 heterocycles. The molecule has 2 rings (SSSR count). The second kappa shape index (κ2) is 5.86. The normalized spacial score (nSPS) is 11.2. The first-order chi connectivity index (χ1) is 9.12. The van der Waals surface area contributed by atoms with Crippen LogP contribution in [-0.4, -0.2) is 20.1 Å². The zero-order valence-corrected chi connectivity index (χ0v) is 11.1.